The molecule has 1 heterocycles. The van der Waals surface area contributed by atoms with Crippen molar-refractivity contribution in [1.82, 2.24) is 5.06 Å². The Kier molecular flexibility index (Phi) is 6.58. The standard InChI is InChI=1S/C21H28ClNO5/c1-13-9-8-10-14(2)15(13)16-17(28-19(25)20(3,4)11-22)21(5,6)23(18(16)24)27-12-26-7/h8-10H,11-12H2,1-7H3. The number of carbonyl (C=O) groups is 2. The fraction of sp³-hybridized carbons (Fsp3) is 0.524. The summed E-state index contributed by atoms with van der Waals surface area (Å²) in [5.41, 5.74) is 0.930. The number of halogens is 1. The van der Waals surface area contributed by atoms with Crippen LogP contribution >= 0.6 is 11.6 Å². The highest BCUT2D eigenvalue weighted by molar-refractivity contribution is 6.24. The van der Waals surface area contributed by atoms with Crippen molar-refractivity contribution < 1.29 is 23.9 Å². The minimum atomic E-state index is -1.02. The quantitative estimate of drug-likeness (QED) is 0.387. The molecule has 0 bridgehead atoms. The van der Waals surface area contributed by atoms with Crippen LogP contribution in [-0.2, 0) is 23.9 Å². The van der Waals surface area contributed by atoms with E-state index in [2.05, 4.69) is 0 Å². The molecule has 1 aromatic carbocycles. The van der Waals surface area contributed by atoms with Gasteiger partial charge in [-0.15, -0.1) is 11.6 Å². The van der Waals surface area contributed by atoms with Crippen molar-refractivity contribution in [3.63, 3.8) is 0 Å². The van der Waals surface area contributed by atoms with E-state index in [4.69, 9.17) is 25.9 Å². The van der Waals surface area contributed by atoms with Gasteiger partial charge in [0.05, 0.1) is 11.0 Å². The molecule has 0 atom stereocenters. The van der Waals surface area contributed by atoms with Gasteiger partial charge >= 0.3 is 5.97 Å². The second-order valence-corrected chi connectivity index (χ2v) is 8.34. The monoisotopic (exact) mass is 409 g/mol. The van der Waals surface area contributed by atoms with Crippen LogP contribution in [0.4, 0.5) is 0 Å². The summed E-state index contributed by atoms with van der Waals surface area (Å²) < 4.78 is 10.8. The van der Waals surface area contributed by atoms with E-state index in [9.17, 15) is 9.59 Å². The second-order valence-electron chi connectivity index (χ2n) is 8.07. The predicted molar refractivity (Wildman–Crippen MR) is 107 cm³/mol. The summed E-state index contributed by atoms with van der Waals surface area (Å²) in [6.07, 6.45) is 0. The van der Waals surface area contributed by atoms with Crippen molar-refractivity contribution in [2.24, 2.45) is 5.41 Å². The molecule has 0 saturated carbocycles. The van der Waals surface area contributed by atoms with Crippen molar-refractivity contribution in [3.8, 4) is 0 Å². The normalized spacial score (nSPS) is 16.7. The van der Waals surface area contributed by atoms with E-state index in [-0.39, 0.29) is 24.3 Å². The molecule has 0 aromatic heterocycles. The number of benzene rings is 1. The topological polar surface area (TPSA) is 65.1 Å². The lowest BCUT2D eigenvalue weighted by molar-refractivity contribution is -0.239. The van der Waals surface area contributed by atoms with E-state index in [1.165, 1.54) is 12.2 Å². The van der Waals surface area contributed by atoms with Gasteiger partial charge in [0.15, 0.2) is 6.79 Å². The molecule has 0 saturated heterocycles. The van der Waals surface area contributed by atoms with Crippen LogP contribution in [0.2, 0.25) is 0 Å². The Bertz CT molecular complexity index is 793. The molecule has 154 valence electrons. The van der Waals surface area contributed by atoms with E-state index in [0.29, 0.717) is 5.57 Å². The average Bonchev–Trinajstić information content (AvgIpc) is 2.79. The lowest BCUT2D eigenvalue weighted by Crippen LogP contribution is -2.45. The van der Waals surface area contributed by atoms with Gasteiger partial charge in [0, 0.05) is 13.0 Å². The van der Waals surface area contributed by atoms with Crippen molar-refractivity contribution >= 4 is 29.1 Å². The summed E-state index contributed by atoms with van der Waals surface area (Å²) in [6.45, 7) is 10.6. The van der Waals surface area contributed by atoms with Crippen LogP contribution in [-0.4, -0.2) is 42.3 Å². The number of rotatable bonds is 7. The Morgan fingerprint density at radius 2 is 1.79 bits per heavy atom. The van der Waals surface area contributed by atoms with Crippen LogP contribution < -0.4 is 0 Å². The van der Waals surface area contributed by atoms with Crippen LogP contribution in [0.25, 0.3) is 5.57 Å². The molecule has 1 aliphatic rings. The van der Waals surface area contributed by atoms with E-state index >= 15 is 0 Å². The van der Waals surface area contributed by atoms with Gasteiger partial charge in [-0.3, -0.25) is 9.59 Å². The van der Waals surface area contributed by atoms with Crippen molar-refractivity contribution in [3.05, 3.63) is 40.6 Å². The minimum absolute atomic E-state index is 0.0934. The molecule has 0 unspecified atom stereocenters. The van der Waals surface area contributed by atoms with Gasteiger partial charge in [-0.2, -0.15) is 0 Å². The molecule has 0 spiro atoms. The molecule has 1 aromatic rings. The van der Waals surface area contributed by atoms with Crippen LogP contribution in [0.15, 0.2) is 24.0 Å². The molecule has 28 heavy (non-hydrogen) atoms. The fourth-order valence-electron chi connectivity index (χ4n) is 3.07. The lowest BCUT2D eigenvalue weighted by Gasteiger charge is -2.32. The van der Waals surface area contributed by atoms with Crippen LogP contribution in [0.3, 0.4) is 0 Å². The number of methoxy groups -OCH3 is 1. The van der Waals surface area contributed by atoms with Gasteiger partial charge < -0.3 is 9.47 Å². The number of alkyl halides is 1. The molecule has 1 aliphatic heterocycles. The lowest BCUT2D eigenvalue weighted by atomic mass is 9.92. The molecular formula is C21H28ClNO5. The zero-order valence-electron chi connectivity index (χ0n) is 17.5. The Morgan fingerprint density at radius 3 is 2.29 bits per heavy atom. The summed E-state index contributed by atoms with van der Waals surface area (Å²) in [5.74, 6) is -0.549. The fourth-order valence-corrected chi connectivity index (χ4v) is 3.18. The van der Waals surface area contributed by atoms with E-state index in [1.807, 2.05) is 32.0 Å². The largest absolute Gasteiger partial charge is 0.427 e. The molecule has 0 fully saturated rings. The van der Waals surface area contributed by atoms with E-state index < -0.39 is 16.9 Å². The molecule has 6 nitrogen and oxygen atoms in total. The number of ether oxygens (including phenoxy) is 2. The Hall–Kier alpha value is -1.89. The van der Waals surface area contributed by atoms with Gasteiger partial charge in [-0.1, -0.05) is 18.2 Å². The van der Waals surface area contributed by atoms with E-state index in [0.717, 1.165) is 16.7 Å². The second kappa shape index (κ2) is 8.23. The number of hydrogen-bond donors (Lipinski definition) is 0. The highest BCUT2D eigenvalue weighted by atomic mass is 35.5. The number of hydrogen-bond acceptors (Lipinski definition) is 5. The SMILES string of the molecule is COCON1C(=O)C(c2c(C)cccc2C)=C(OC(=O)C(C)(C)CCl)C1(C)C. The smallest absolute Gasteiger partial charge is 0.317 e. The molecule has 0 radical (unpaired) electrons. The third-order valence-corrected chi connectivity index (χ3v) is 5.47. The van der Waals surface area contributed by atoms with E-state index in [1.54, 1.807) is 27.7 Å². The van der Waals surface area contributed by atoms with Gasteiger partial charge in [0.2, 0.25) is 0 Å². The van der Waals surface area contributed by atoms with Crippen molar-refractivity contribution in [2.45, 2.75) is 47.1 Å². The van der Waals surface area contributed by atoms with Gasteiger partial charge in [-0.05, 0) is 58.2 Å². The zero-order chi connectivity index (χ0) is 21.3. The number of hydroxylamine groups is 2. The highest BCUT2D eigenvalue weighted by Crippen LogP contribution is 2.43. The Balaban J connectivity index is 2.66. The van der Waals surface area contributed by atoms with Crippen molar-refractivity contribution in [1.29, 1.82) is 0 Å². The molecule has 0 N–H and O–H groups in total. The summed E-state index contributed by atoms with van der Waals surface area (Å²) in [6, 6.07) is 5.74. The molecular weight excluding hydrogens is 382 g/mol. The summed E-state index contributed by atoms with van der Waals surface area (Å²) in [7, 11) is 1.47. The maximum absolute atomic E-state index is 13.3. The minimum Gasteiger partial charge on any atom is -0.427 e. The molecule has 1 amide bonds. The first-order valence-electron chi connectivity index (χ1n) is 9.05. The third kappa shape index (κ3) is 3.95. The summed E-state index contributed by atoms with van der Waals surface area (Å²) in [4.78, 5) is 31.6. The van der Waals surface area contributed by atoms with Gasteiger partial charge in [0.1, 0.15) is 11.3 Å². The number of aryl methyl sites for hydroxylation is 2. The molecule has 7 heteroatoms. The van der Waals surface area contributed by atoms with Gasteiger partial charge in [0.25, 0.3) is 5.91 Å². The predicted octanol–water partition coefficient (Wildman–Crippen LogP) is 3.98. The molecule has 2 rings (SSSR count). The average molecular weight is 410 g/mol. The van der Waals surface area contributed by atoms with Crippen molar-refractivity contribution in [2.75, 3.05) is 19.8 Å². The number of esters is 1. The number of amides is 1. The first-order valence-corrected chi connectivity index (χ1v) is 9.58. The van der Waals surface area contributed by atoms with Crippen LogP contribution in [0, 0.1) is 19.3 Å². The highest BCUT2D eigenvalue weighted by Gasteiger charge is 2.51. The maximum Gasteiger partial charge on any atom is 0.317 e. The first-order chi connectivity index (χ1) is 13.0. The maximum atomic E-state index is 13.3. The first kappa shape index (κ1) is 22.4. The Labute approximate surface area is 171 Å². The molecule has 0 aliphatic carbocycles. The van der Waals surface area contributed by atoms with Crippen LogP contribution in [0.5, 0.6) is 0 Å². The Morgan fingerprint density at radius 1 is 1.21 bits per heavy atom. The van der Waals surface area contributed by atoms with Gasteiger partial charge in [-0.25, -0.2) is 9.90 Å². The number of carbonyl (C=O) groups excluding carboxylic acids is 2. The summed E-state index contributed by atoms with van der Waals surface area (Å²) >= 11 is 5.94. The van der Waals surface area contributed by atoms with Crippen LogP contribution in [0.1, 0.15) is 44.4 Å². The number of nitrogens with zero attached hydrogens (tertiary/aromatic N) is 1. The third-order valence-electron chi connectivity index (χ3n) is 4.80. The summed E-state index contributed by atoms with van der Waals surface area (Å²) in [5, 5.41) is 1.20. The zero-order valence-corrected chi connectivity index (χ0v) is 18.3.